The van der Waals surface area contributed by atoms with Crippen LogP contribution in [0.4, 0.5) is 17.1 Å². The number of thioether (sulfide) groups is 1. The molecule has 112 valence electrons. The average molecular weight is 297 g/mol. The fourth-order valence-corrected chi connectivity index (χ4v) is 2.96. The highest BCUT2D eigenvalue weighted by atomic mass is 32.2. The summed E-state index contributed by atoms with van der Waals surface area (Å²) >= 11 is 1.79. The van der Waals surface area contributed by atoms with E-state index in [2.05, 4.69) is 23.4 Å². The van der Waals surface area contributed by atoms with Crippen LogP contribution in [-0.4, -0.2) is 36.6 Å². The van der Waals surface area contributed by atoms with Gasteiger partial charge in [0.25, 0.3) is 5.69 Å². The van der Waals surface area contributed by atoms with Gasteiger partial charge in [0.15, 0.2) is 0 Å². The highest BCUT2D eigenvalue weighted by molar-refractivity contribution is 7.98. The normalized spacial score (nSPS) is 12.0. The minimum Gasteiger partial charge on any atom is -0.385 e. The molecule has 0 aromatic heterocycles. The van der Waals surface area contributed by atoms with Crippen molar-refractivity contribution in [2.45, 2.75) is 26.3 Å². The maximum Gasteiger partial charge on any atom is 0.273 e. The van der Waals surface area contributed by atoms with Crippen LogP contribution in [0.15, 0.2) is 18.2 Å². The van der Waals surface area contributed by atoms with E-state index in [1.54, 1.807) is 23.9 Å². The first kappa shape index (κ1) is 16.6. The van der Waals surface area contributed by atoms with E-state index in [1.807, 2.05) is 20.0 Å². The number of non-ortho nitro benzene ring substituents is 1. The van der Waals surface area contributed by atoms with Gasteiger partial charge >= 0.3 is 0 Å². The number of anilines is 2. The van der Waals surface area contributed by atoms with Gasteiger partial charge in [0.1, 0.15) is 0 Å². The molecule has 0 fully saturated rings. The van der Waals surface area contributed by atoms with E-state index in [0.717, 1.165) is 30.1 Å². The smallest absolute Gasteiger partial charge is 0.273 e. The van der Waals surface area contributed by atoms with Crippen molar-refractivity contribution >= 4 is 28.8 Å². The monoisotopic (exact) mass is 297 g/mol. The number of rotatable bonds is 8. The predicted octanol–water partition coefficient (Wildman–Crippen LogP) is 3.60. The van der Waals surface area contributed by atoms with Gasteiger partial charge in [0.05, 0.1) is 4.92 Å². The lowest BCUT2D eigenvalue weighted by Crippen LogP contribution is -2.33. The lowest BCUT2D eigenvalue weighted by Gasteiger charge is -2.29. The Labute approximate surface area is 124 Å². The number of nitrogens with one attached hydrogen (secondary N) is 1. The molecule has 0 amide bonds. The minimum atomic E-state index is -0.340. The Morgan fingerprint density at radius 1 is 1.40 bits per heavy atom. The van der Waals surface area contributed by atoms with Gasteiger partial charge in [-0.25, -0.2) is 0 Å². The summed E-state index contributed by atoms with van der Waals surface area (Å²) in [6.45, 7) is 4.86. The standard InChI is InChI=1S/C14H23N3O2S/c1-5-12(10-20-4)16(3)13-7-11(15-6-2)8-14(9-13)17(18)19/h7-9,12,15H,5-6,10H2,1-4H3. The molecular weight excluding hydrogens is 274 g/mol. The van der Waals surface area contributed by atoms with E-state index in [4.69, 9.17) is 0 Å². The number of benzene rings is 1. The van der Waals surface area contributed by atoms with Crippen LogP contribution in [0.3, 0.4) is 0 Å². The van der Waals surface area contributed by atoms with Gasteiger partial charge in [-0.05, 0) is 25.7 Å². The molecular formula is C14H23N3O2S. The van der Waals surface area contributed by atoms with Gasteiger partial charge in [0.2, 0.25) is 0 Å². The maximum atomic E-state index is 11.1. The highest BCUT2D eigenvalue weighted by Crippen LogP contribution is 2.28. The molecule has 20 heavy (non-hydrogen) atoms. The van der Waals surface area contributed by atoms with Crippen molar-refractivity contribution in [1.29, 1.82) is 0 Å². The van der Waals surface area contributed by atoms with Gasteiger partial charge in [-0.1, -0.05) is 6.92 Å². The van der Waals surface area contributed by atoms with Crippen molar-refractivity contribution in [3.05, 3.63) is 28.3 Å². The molecule has 1 atom stereocenters. The topological polar surface area (TPSA) is 58.4 Å². The largest absolute Gasteiger partial charge is 0.385 e. The van der Waals surface area contributed by atoms with Crippen molar-refractivity contribution < 1.29 is 4.92 Å². The lowest BCUT2D eigenvalue weighted by molar-refractivity contribution is -0.384. The second-order valence-corrected chi connectivity index (χ2v) is 5.56. The van der Waals surface area contributed by atoms with Crippen LogP contribution in [-0.2, 0) is 0 Å². The summed E-state index contributed by atoms with van der Waals surface area (Å²) in [7, 11) is 2.00. The Kier molecular flexibility index (Phi) is 6.64. The Balaban J connectivity index is 3.11. The zero-order valence-corrected chi connectivity index (χ0v) is 13.4. The van der Waals surface area contributed by atoms with Crippen LogP contribution >= 0.6 is 11.8 Å². The molecule has 5 nitrogen and oxygen atoms in total. The Morgan fingerprint density at radius 3 is 2.60 bits per heavy atom. The fourth-order valence-electron chi connectivity index (χ4n) is 2.12. The molecule has 1 rings (SSSR count). The molecule has 1 N–H and O–H groups in total. The van der Waals surface area contributed by atoms with Crippen molar-refractivity contribution in [2.75, 3.05) is 35.8 Å². The van der Waals surface area contributed by atoms with Crippen molar-refractivity contribution in [3.8, 4) is 0 Å². The molecule has 0 bridgehead atoms. The summed E-state index contributed by atoms with van der Waals surface area (Å²) in [5.74, 6) is 1.01. The van der Waals surface area contributed by atoms with Crippen LogP contribution < -0.4 is 10.2 Å². The van der Waals surface area contributed by atoms with E-state index < -0.39 is 0 Å². The zero-order valence-electron chi connectivity index (χ0n) is 12.5. The molecule has 0 aliphatic carbocycles. The second-order valence-electron chi connectivity index (χ2n) is 4.65. The molecule has 0 spiro atoms. The van der Waals surface area contributed by atoms with Gasteiger partial charge in [0, 0.05) is 48.9 Å². The van der Waals surface area contributed by atoms with Crippen LogP contribution in [0.1, 0.15) is 20.3 Å². The third-order valence-electron chi connectivity index (χ3n) is 3.28. The molecule has 0 radical (unpaired) electrons. The van der Waals surface area contributed by atoms with E-state index in [1.165, 1.54) is 0 Å². The van der Waals surface area contributed by atoms with Crippen LogP contribution in [0, 0.1) is 10.1 Å². The van der Waals surface area contributed by atoms with Gasteiger partial charge in [-0.3, -0.25) is 10.1 Å². The quantitative estimate of drug-likeness (QED) is 0.587. The molecule has 0 aliphatic rings. The summed E-state index contributed by atoms with van der Waals surface area (Å²) < 4.78 is 0. The van der Waals surface area contributed by atoms with Crippen molar-refractivity contribution in [2.24, 2.45) is 0 Å². The van der Waals surface area contributed by atoms with E-state index in [0.29, 0.717) is 6.04 Å². The average Bonchev–Trinajstić information content (AvgIpc) is 2.44. The first-order valence-corrected chi connectivity index (χ1v) is 8.17. The van der Waals surface area contributed by atoms with Crippen LogP contribution in [0.2, 0.25) is 0 Å². The van der Waals surface area contributed by atoms with E-state index >= 15 is 0 Å². The molecule has 1 unspecified atom stereocenters. The van der Waals surface area contributed by atoms with Crippen molar-refractivity contribution in [3.63, 3.8) is 0 Å². The van der Waals surface area contributed by atoms with Gasteiger partial charge in [-0.2, -0.15) is 11.8 Å². The van der Waals surface area contributed by atoms with Gasteiger partial charge < -0.3 is 10.2 Å². The third kappa shape index (κ3) is 4.30. The third-order valence-corrected chi connectivity index (χ3v) is 4.00. The van der Waals surface area contributed by atoms with Crippen molar-refractivity contribution in [1.82, 2.24) is 0 Å². The highest BCUT2D eigenvalue weighted by Gasteiger charge is 2.17. The molecule has 1 aromatic carbocycles. The molecule has 0 saturated carbocycles. The fraction of sp³-hybridized carbons (Fsp3) is 0.571. The molecule has 0 saturated heterocycles. The molecule has 6 heteroatoms. The van der Waals surface area contributed by atoms with Crippen LogP contribution in [0.25, 0.3) is 0 Å². The summed E-state index contributed by atoms with van der Waals surface area (Å²) in [6.07, 6.45) is 3.09. The van der Waals surface area contributed by atoms with E-state index in [9.17, 15) is 10.1 Å². The Hall–Kier alpha value is -1.43. The molecule has 0 aliphatic heterocycles. The predicted molar refractivity (Wildman–Crippen MR) is 88.1 cm³/mol. The number of nitro groups is 1. The summed E-state index contributed by atoms with van der Waals surface area (Å²) in [5, 5.41) is 14.2. The molecule has 0 heterocycles. The van der Waals surface area contributed by atoms with Crippen LogP contribution in [0.5, 0.6) is 0 Å². The minimum absolute atomic E-state index is 0.129. The zero-order chi connectivity index (χ0) is 15.1. The Morgan fingerprint density at radius 2 is 2.10 bits per heavy atom. The molecule has 1 aromatic rings. The Bertz CT molecular complexity index is 454. The second kappa shape index (κ2) is 7.99. The van der Waals surface area contributed by atoms with Gasteiger partial charge in [-0.15, -0.1) is 0 Å². The SMILES string of the molecule is CCNc1cc(N(C)C(CC)CSC)cc([N+](=O)[O-])c1. The summed E-state index contributed by atoms with van der Waals surface area (Å²) in [6, 6.07) is 5.57. The number of hydrogen-bond acceptors (Lipinski definition) is 5. The van der Waals surface area contributed by atoms with E-state index in [-0.39, 0.29) is 10.6 Å². The summed E-state index contributed by atoms with van der Waals surface area (Å²) in [4.78, 5) is 12.8. The maximum absolute atomic E-state index is 11.1. The number of hydrogen-bond donors (Lipinski definition) is 1. The first-order valence-electron chi connectivity index (χ1n) is 6.78. The number of nitro benzene ring substituents is 1. The summed E-state index contributed by atoms with van der Waals surface area (Å²) in [5.41, 5.74) is 1.81. The first-order chi connectivity index (χ1) is 9.53. The lowest BCUT2D eigenvalue weighted by atomic mass is 10.1. The number of nitrogens with zero attached hydrogens (tertiary/aromatic N) is 2.